The molecule has 3 heteroatoms. The summed E-state index contributed by atoms with van der Waals surface area (Å²) < 4.78 is 0. The first kappa shape index (κ1) is 9.27. The molecule has 0 fully saturated rings. The maximum atomic E-state index is 8.30. The van der Waals surface area contributed by atoms with E-state index >= 15 is 0 Å². The molecule has 0 aliphatic heterocycles. The van der Waals surface area contributed by atoms with Crippen LogP contribution in [0.1, 0.15) is 6.92 Å². The number of hydrogen-bond donors (Lipinski definition) is 2. The molecule has 0 aromatic heterocycles. The van der Waals surface area contributed by atoms with Gasteiger partial charge in [-0.05, 0) is 12.5 Å². The fourth-order valence-corrected chi connectivity index (χ4v) is 0.437. The summed E-state index contributed by atoms with van der Waals surface area (Å²) in [6.45, 7) is 5.25. The van der Waals surface area contributed by atoms with Crippen molar-refractivity contribution in [2.75, 3.05) is 0 Å². The zero-order chi connectivity index (χ0) is 7.98. The first-order chi connectivity index (χ1) is 4.72. The molecule has 0 aromatic carbocycles. The Bertz CT molecular complexity index is 172. The van der Waals surface area contributed by atoms with Gasteiger partial charge in [-0.3, -0.25) is 10.7 Å². The van der Waals surface area contributed by atoms with Crippen molar-refractivity contribution in [1.82, 2.24) is 5.48 Å². The summed E-state index contributed by atoms with van der Waals surface area (Å²) in [5.41, 5.74) is 2.59. The van der Waals surface area contributed by atoms with Gasteiger partial charge >= 0.3 is 0 Å². The van der Waals surface area contributed by atoms with E-state index in [1.54, 1.807) is 25.2 Å². The molecule has 0 atom stereocenters. The summed E-state index contributed by atoms with van der Waals surface area (Å²) in [5.74, 6) is 0. The van der Waals surface area contributed by atoms with E-state index in [2.05, 4.69) is 6.58 Å². The van der Waals surface area contributed by atoms with Crippen LogP contribution in [0.2, 0.25) is 0 Å². The second-order valence-corrected chi connectivity index (χ2v) is 2.08. The van der Waals surface area contributed by atoms with Gasteiger partial charge in [0.25, 0.3) is 0 Å². The molecule has 0 amide bonds. The molecular formula is C7H10ClNO. The van der Waals surface area contributed by atoms with Crippen LogP contribution in [0.4, 0.5) is 0 Å². The monoisotopic (exact) mass is 159 g/mol. The van der Waals surface area contributed by atoms with E-state index in [9.17, 15) is 0 Å². The first-order valence-corrected chi connectivity index (χ1v) is 3.15. The molecule has 0 spiro atoms. The summed E-state index contributed by atoms with van der Waals surface area (Å²) in [5, 5.41) is 8.53. The number of allylic oxidation sites excluding steroid dienone is 4. The Labute approximate surface area is 65.5 Å². The molecule has 0 heterocycles. The molecule has 0 aliphatic rings. The third-order valence-electron chi connectivity index (χ3n) is 0.927. The smallest absolute Gasteiger partial charge is 0.129 e. The Morgan fingerprint density at radius 1 is 1.70 bits per heavy atom. The lowest BCUT2D eigenvalue weighted by molar-refractivity contribution is 0.208. The number of hydrogen-bond acceptors (Lipinski definition) is 2. The van der Waals surface area contributed by atoms with Crippen LogP contribution in [0.3, 0.4) is 0 Å². The minimum Gasteiger partial charge on any atom is -0.290 e. The zero-order valence-corrected chi connectivity index (χ0v) is 6.52. The third-order valence-corrected chi connectivity index (χ3v) is 1.31. The average Bonchev–Trinajstić information content (AvgIpc) is 1.98. The average molecular weight is 160 g/mol. The van der Waals surface area contributed by atoms with Crippen LogP contribution < -0.4 is 5.48 Å². The molecule has 0 radical (unpaired) electrons. The Balaban J connectivity index is 4.17. The Morgan fingerprint density at radius 2 is 2.30 bits per heavy atom. The molecule has 56 valence electrons. The van der Waals surface area contributed by atoms with Crippen LogP contribution in [0.25, 0.3) is 0 Å². The molecule has 0 rings (SSSR count). The van der Waals surface area contributed by atoms with Crippen LogP contribution in [0, 0.1) is 0 Å². The minimum absolute atomic E-state index is 0.220. The third kappa shape index (κ3) is 3.33. The highest BCUT2D eigenvalue weighted by Gasteiger charge is 1.90. The first-order valence-electron chi connectivity index (χ1n) is 2.78. The van der Waals surface area contributed by atoms with Crippen molar-refractivity contribution in [2.45, 2.75) is 6.92 Å². The van der Waals surface area contributed by atoms with Gasteiger partial charge in [0.15, 0.2) is 0 Å². The Kier molecular flexibility index (Phi) is 4.72. The van der Waals surface area contributed by atoms with Gasteiger partial charge < -0.3 is 0 Å². The minimum atomic E-state index is 0.220. The largest absolute Gasteiger partial charge is 0.290 e. The van der Waals surface area contributed by atoms with Crippen molar-refractivity contribution in [3.63, 3.8) is 0 Å². The topological polar surface area (TPSA) is 32.3 Å². The van der Waals surface area contributed by atoms with Gasteiger partial charge in [0, 0.05) is 0 Å². The van der Waals surface area contributed by atoms with Gasteiger partial charge in [-0.25, -0.2) is 0 Å². The molecule has 0 unspecified atom stereocenters. The Morgan fingerprint density at radius 3 is 2.70 bits per heavy atom. The predicted molar refractivity (Wildman–Crippen MR) is 42.8 cm³/mol. The maximum Gasteiger partial charge on any atom is 0.129 e. The highest BCUT2D eigenvalue weighted by molar-refractivity contribution is 6.29. The van der Waals surface area contributed by atoms with Gasteiger partial charge in [-0.15, -0.1) is 0 Å². The van der Waals surface area contributed by atoms with Crippen molar-refractivity contribution < 1.29 is 5.21 Å². The van der Waals surface area contributed by atoms with Gasteiger partial charge in [0.1, 0.15) is 5.16 Å². The van der Waals surface area contributed by atoms with E-state index in [1.165, 1.54) is 0 Å². The summed E-state index contributed by atoms with van der Waals surface area (Å²) in [7, 11) is 0. The SMILES string of the molecule is C=CC=CC(C)=C(Cl)NO. The van der Waals surface area contributed by atoms with Gasteiger partial charge in [-0.1, -0.05) is 36.4 Å². The standard InChI is InChI=1S/C7H10ClNO/c1-3-4-5-6(2)7(8)9-10/h3-5,9-10H,1H2,2H3. The number of nitrogens with one attached hydrogen (secondary N) is 1. The van der Waals surface area contributed by atoms with E-state index in [1.807, 2.05) is 5.48 Å². The van der Waals surface area contributed by atoms with Crippen molar-refractivity contribution in [2.24, 2.45) is 0 Å². The predicted octanol–water partition coefficient (Wildman–Crippen LogP) is 2.18. The van der Waals surface area contributed by atoms with Crippen molar-refractivity contribution in [1.29, 1.82) is 0 Å². The van der Waals surface area contributed by atoms with E-state index in [0.717, 1.165) is 5.57 Å². The van der Waals surface area contributed by atoms with Crippen LogP contribution in [-0.4, -0.2) is 5.21 Å². The molecule has 0 aromatic rings. The molecule has 0 saturated heterocycles. The summed E-state index contributed by atoms with van der Waals surface area (Å²) in [6, 6.07) is 0. The van der Waals surface area contributed by atoms with E-state index in [-0.39, 0.29) is 5.16 Å². The van der Waals surface area contributed by atoms with Crippen molar-refractivity contribution >= 4 is 11.6 Å². The number of rotatable bonds is 3. The molecule has 0 aliphatic carbocycles. The summed E-state index contributed by atoms with van der Waals surface area (Å²) in [6.07, 6.45) is 5.10. The molecule has 10 heavy (non-hydrogen) atoms. The fraction of sp³-hybridized carbons (Fsp3) is 0.143. The second kappa shape index (κ2) is 5.09. The van der Waals surface area contributed by atoms with E-state index < -0.39 is 0 Å². The quantitative estimate of drug-likeness (QED) is 0.376. The molecule has 0 saturated carbocycles. The lowest BCUT2D eigenvalue weighted by Gasteiger charge is -1.96. The molecule has 0 bridgehead atoms. The van der Waals surface area contributed by atoms with Crippen LogP contribution in [-0.2, 0) is 0 Å². The number of hydroxylamine groups is 1. The van der Waals surface area contributed by atoms with Crippen LogP contribution in [0.5, 0.6) is 0 Å². The lowest BCUT2D eigenvalue weighted by atomic mass is 10.3. The molecule has 2 N–H and O–H groups in total. The summed E-state index contributed by atoms with van der Waals surface area (Å²) in [4.78, 5) is 0. The van der Waals surface area contributed by atoms with Crippen LogP contribution in [0.15, 0.2) is 35.5 Å². The van der Waals surface area contributed by atoms with Crippen molar-refractivity contribution in [3.8, 4) is 0 Å². The van der Waals surface area contributed by atoms with Crippen LogP contribution >= 0.6 is 11.6 Å². The highest BCUT2D eigenvalue weighted by Crippen LogP contribution is 2.05. The van der Waals surface area contributed by atoms with Gasteiger partial charge in [0.05, 0.1) is 0 Å². The lowest BCUT2D eigenvalue weighted by Crippen LogP contribution is -2.02. The summed E-state index contributed by atoms with van der Waals surface area (Å²) >= 11 is 5.48. The molecule has 2 nitrogen and oxygen atoms in total. The van der Waals surface area contributed by atoms with Crippen molar-refractivity contribution in [3.05, 3.63) is 35.5 Å². The van der Waals surface area contributed by atoms with E-state index in [0.29, 0.717) is 0 Å². The van der Waals surface area contributed by atoms with E-state index in [4.69, 9.17) is 16.8 Å². The van der Waals surface area contributed by atoms with Gasteiger partial charge in [-0.2, -0.15) is 0 Å². The molecular weight excluding hydrogens is 150 g/mol. The Hall–Kier alpha value is -0.730. The fourth-order valence-electron chi connectivity index (χ4n) is 0.374. The van der Waals surface area contributed by atoms with Gasteiger partial charge in [0.2, 0.25) is 0 Å². The zero-order valence-electron chi connectivity index (χ0n) is 5.76. The number of halogens is 1. The highest BCUT2D eigenvalue weighted by atomic mass is 35.5. The normalized spacial score (nSPS) is 13.1. The maximum absolute atomic E-state index is 8.30. The second-order valence-electron chi connectivity index (χ2n) is 1.70.